The van der Waals surface area contributed by atoms with Crippen LogP contribution in [0.1, 0.15) is 21.5 Å². The summed E-state index contributed by atoms with van der Waals surface area (Å²) in [5.74, 6) is -1.92. The maximum atomic E-state index is 13.2. The molecule has 0 aliphatic carbocycles. The first-order valence-corrected chi connectivity index (χ1v) is 9.41. The molecule has 0 aromatic heterocycles. The van der Waals surface area contributed by atoms with Gasteiger partial charge in [0, 0.05) is 18.2 Å². The molecule has 0 unspecified atom stereocenters. The molecule has 0 saturated carbocycles. The highest BCUT2D eigenvalue weighted by Crippen LogP contribution is 2.17. The van der Waals surface area contributed by atoms with Crippen molar-refractivity contribution in [3.05, 3.63) is 64.7 Å². The number of aryl methyl sites for hydroxylation is 1. The Labute approximate surface area is 155 Å². The van der Waals surface area contributed by atoms with Gasteiger partial charge in [-0.05, 0) is 48.7 Å². The summed E-state index contributed by atoms with van der Waals surface area (Å²) in [7, 11) is -3.92. The molecule has 1 amide bonds. The molecule has 2 aromatic rings. The molecule has 2 aromatic carbocycles. The van der Waals surface area contributed by atoms with Crippen molar-refractivity contribution in [2.45, 2.75) is 18.2 Å². The van der Waals surface area contributed by atoms with Crippen LogP contribution in [0, 0.1) is 29.9 Å². The zero-order chi connectivity index (χ0) is 20.0. The van der Waals surface area contributed by atoms with Crippen LogP contribution >= 0.6 is 0 Å². The lowest BCUT2D eigenvalue weighted by Crippen LogP contribution is -2.27. The standard InChI is InChI=1S/C18H17F2N3O3S/c1-12-2-3-14(10-17(12)27(25,26)23-7-5-21)18(24)22-6-4-13-8-15(19)11-16(20)9-13/h2-3,8-11,23H,4,6-7H2,1H3,(H,22,24). The van der Waals surface area contributed by atoms with E-state index in [1.54, 1.807) is 13.0 Å². The molecule has 0 fully saturated rings. The number of carbonyl (C=O) groups excluding carboxylic acids is 1. The highest BCUT2D eigenvalue weighted by Gasteiger charge is 2.18. The van der Waals surface area contributed by atoms with Crippen molar-refractivity contribution in [1.82, 2.24) is 10.0 Å². The van der Waals surface area contributed by atoms with Gasteiger partial charge in [0.25, 0.3) is 5.91 Å². The first kappa shape index (κ1) is 20.5. The summed E-state index contributed by atoms with van der Waals surface area (Å²) in [5, 5.41) is 11.1. The van der Waals surface area contributed by atoms with E-state index < -0.39 is 27.6 Å². The van der Waals surface area contributed by atoms with Gasteiger partial charge in [-0.15, -0.1) is 0 Å². The summed E-state index contributed by atoms with van der Waals surface area (Å²) in [4.78, 5) is 12.1. The van der Waals surface area contributed by atoms with E-state index in [0.717, 1.165) is 6.07 Å². The average Bonchev–Trinajstić information content (AvgIpc) is 2.59. The van der Waals surface area contributed by atoms with Crippen LogP contribution in [-0.2, 0) is 16.4 Å². The molecule has 0 saturated heterocycles. The van der Waals surface area contributed by atoms with Crippen LogP contribution in [0.15, 0.2) is 41.3 Å². The monoisotopic (exact) mass is 393 g/mol. The molecule has 0 heterocycles. The maximum absolute atomic E-state index is 13.2. The van der Waals surface area contributed by atoms with Crippen LogP contribution in [0.2, 0.25) is 0 Å². The molecular weight excluding hydrogens is 376 g/mol. The Morgan fingerprint density at radius 1 is 1.15 bits per heavy atom. The number of carbonyl (C=O) groups is 1. The summed E-state index contributed by atoms with van der Waals surface area (Å²) >= 11 is 0. The molecule has 2 N–H and O–H groups in total. The number of benzene rings is 2. The summed E-state index contributed by atoms with van der Waals surface area (Å²) in [6, 6.07) is 8.95. The van der Waals surface area contributed by atoms with E-state index in [9.17, 15) is 22.0 Å². The predicted octanol–water partition coefficient (Wildman–Crippen LogP) is 2.05. The van der Waals surface area contributed by atoms with Crippen molar-refractivity contribution in [3.8, 4) is 6.07 Å². The van der Waals surface area contributed by atoms with Crippen molar-refractivity contribution in [2.24, 2.45) is 0 Å². The number of nitriles is 1. The Balaban J connectivity index is 2.08. The largest absolute Gasteiger partial charge is 0.352 e. The van der Waals surface area contributed by atoms with Crippen LogP contribution in [0.3, 0.4) is 0 Å². The van der Waals surface area contributed by atoms with Crippen LogP contribution in [0.25, 0.3) is 0 Å². The molecule has 0 spiro atoms. The minimum absolute atomic E-state index is 0.0994. The van der Waals surface area contributed by atoms with E-state index in [1.165, 1.54) is 30.3 Å². The molecule has 142 valence electrons. The van der Waals surface area contributed by atoms with E-state index >= 15 is 0 Å². The minimum atomic E-state index is -3.92. The van der Waals surface area contributed by atoms with Gasteiger partial charge >= 0.3 is 0 Å². The van der Waals surface area contributed by atoms with Crippen molar-refractivity contribution < 1.29 is 22.0 Å². The number of rotatable bonds is 7. The first-order valence-electron chi connectivity index (χ1n) is 7.93. The number of halogens is 2. The molecule has 6 nitrogen and oxygen atoms in total. The highest BCUT2D eigenvalue weighted by molar-refractivity contribution is 7.89. The van der Waals surface area contributed by atoms with Gasteiger partial charge in [0.2, 0.25) is 10.0 Å². The van der Waals surface area contributed by atoms with Gasteiger partial charge in [-0.25, -0.2) is 17.2 Å². The third-order valence-electron chi connectivity index (χ3n) is 3.70. The fourth-order valence-electron chi connectivity index (χ4n) is 2.41. The van der Waals surface area contributed by atoms with E-state index in [4.69, 9.17) is 5.26 Å². The summed E-state index contributed by atoms with van der Waals surface area (Å²) < 4.78 is 52.8. The Kier molecular flexibility index (Phi) is 6.60. The average molecular weight is 393 g/mol. The molecule has 0 radical (unpaired) electrons. The molecule has 0 atom stereocenters. The van der Waals surface area contributed by atoms with E-state index in [0.29, 0.717) is 11.1 Å². The second kappa shape index (κ2) is 8.70. The van der Waals surface area contributed by atoms with E-state index in [1.807, 2.05) is 0 Å². The van der Waals surface area contributed by atoms with Crippen molar-refractivity contribution in [3.63, 3.8) is 0 Å². The van der Waals surface area contributed by atoms with Crippen LogP contribution in [0.4, 0.5) is 8.78 Å². The quantitative estimate of drug-likeness (QED) is 0.704. The topological polar surface area (TPSA) is 99.1 Å². The zero-order valence-electron chi connectivity index (χ0n) is 14.4. The molecule has 27 heavy (non-hydrogen) atoms. The number of nitrogens with zero attached hydrogens (tertiary/aromatic N) is 1. The summed E-state index contributed by atoms with van der Waals surface area (Å²) in [6.45, 7) is 1.30. The van der Waals surface area contributed by atoms with Crippen molar-refractivity contribution >= 4 is 15.9 Å². The molecule has 0 bridgehead atoms. The van der Waals surface area contributed by atoms with Gasteiger partial charge < -0.3 is 5.32 Å². The fourth-order valence-corrected chi connectivity index (χ4v) is 3.60. The molecule has 9 heteroatoms. The first-order chi connectivity index (χ1) is 12.7. The van der Waals surface area contributed by atoms with E-state index in [2.05, 4.69) is 10.0 Å². The second-order valence-corrected chi connectivity index (χ2v) is 7.48. The molecular formula is C18H17F2N3O3S. The minimum Gasteiger partial charge on any atom is -0.352 e. The molecule has 2 rings (SSSR count). The van der Waals surface area contributed by atoms with Gasteiger partial charge in [0.15, 0.2) is 0 Å². The fraction of sp³-hybridized carbons (Fsp3) is 0.222. The lowest BCUT2D eigenvalue weighted by Gasteiger charge is -2.10. The highest BCUT2D eigenvalue weighted by atomic mass is 32.2. The van der Waals surface area contributed by atoms with Crippen LogP contribution in [0.5, 0.6) is 0 Å². The Hall–Kier alpha value is -2.83. The lowest BCUT2D eigenvalue weighted by atomic mass is 10.1. The Morgan fingerprint density at radius 2 is 1.81 bits per heavy atom. The van der Waals surface area contributed by atoms with Crippen molar-refractivity contribution in [2.75, 3.05) is 13.1 Å². The van der Waals surface area contributed by atoms with Crippen LogP contribution < -0.4 is 10.0 Å². The summed E-state index contributed by atoms with van der Waals surface area (Å²) in [6.07, 6.45) is 0.209. The number of hydrogen-bond donors (Lipinski definition) is 2. The second-order valence-electron chi connectivity index (χ2n) is 5.75. The lowest BCUT2D eigenvalue weighted by molar-refractivity contribution is 0.0954. The van der Waals surface area contributed by atoms with Gasteiger partial charge in [0.05, 0.1) is 17.5 Å². The van der Waals surface area contributed by atoms with Crippen LogP contribution in [-0.4, -0.2) is 27.4 Å². The SMILES string of the molecule is Cc1ccc(C(=O)NCCc2cc(F)cc(F)c2)cc1S(=O)(=O)NCC#N. The van der Waals surface area contributed by atoms with E-state index in [-0.39, 0.29) is 30.0 Å². The van der Waals surface area contributed by atoms with Gasteiger partial charge in [-0.1, -0.05) is 6.07 Å². The Morgan fingerprint density at radius 3 is 2.44 bits per heavy atom. The number of sulfonamides is 1. The summed E-state index contributed by atoms with van der Waals surface area (Å²) in [5.41, 5.74) is 0.927. The third kappa shape index (κ3) is 5.57. The number of nitrogens with one attached hydrogen (secondary N) is 2. The number of hydrogen-bond acceptors (Lipinski definition) is 4. The number of amides is 1. The van der Waals surface area contributed by atoms with Crippen molar-refractivity contribution in [1.29, 1.82) is 5.26 Å². The van der Waals surface area contributed by atoms with Gasteiger partial charge in [-0.3, -0.25) is 4.79 Å². The molecule has 0 aliphatic rings. The van der Waals surface area contributed by atoms with Gasteiger partial charge in [0.1, 0.15) is 11.6 Å². The maximum Gasteiger partial charge on any atom is 0.251 e. The van der Waals surface area contributed by atoms with Gasteiger partial charge in [-0.2, -0.15) is 9.98 Å². The smallest absolute Gasteiger partial charge is 0.251 e. The Bertz CT molecular complexity index is 981. The third-order valence-corrected chi connectivity index (χ3v) is 5.25. The zero-order valence-corrected chi connectivity index (χ0v) is 15.2. The predicted molar refractivity (Wildman–Crippen MR) is 94.4 cm³/mol. The molecule has 0 aliphatic heterocycles. The normalized spacial score (nSPS) is 11.0.